The molecule has 19 rings (SSSR count). The molecule has 6 amide bonds. The highest BCUT2D eigenvalue weighted by molar-refractivity contribution is 9.06. The van der Waals surface area contributed by atoms with Gasteiger partial charge < -0.3 is 93.4 Å². The first kappa shape index (κ1) is 105. The first-order chi connectivity index (χ1) is 69.0. The lowest BCUT2D eigenvalue weighted by atomic mass is 9.96. The number of rotatable bonds is 19. The van der Waals surface area contributed by atoms with Crippen LogP contribution in [0.5, 0.6) is 23.0 Å². The van der Waals surface area contributed by atoms with Gasteiger partial charge in [0.05, 0.1) is 192 Å². The van der Waals surface area contributed by atoms with E-state index in [4.69, 9.17) is 66.1 Å². The lowest BCUT2D eigenvalue weighted by Crippen LogP contribution is -2.40. The predicted octanol–water partition coefficient (Wildman–Crippen LogP) is 15.6. The van der Waals surface area contributed by atoms with Crippen LogP contribution in [0, 0.1) is 34.9 Å². The molecule has 3 aromatic heterocycles. The zero-order valence-corrected chi connectivity index (χ0v) is 80.9. The van der Waals surface area contributed by atoms with Gasteiger partial charge in [0.1, 0.15) is 57.9 Å². The Morgan fingerprint density at radius 2 is 0.755 bits per heavy atom. The van der Waals surface area contributed by atoms with Gasteiger partial charge in [0.15, 0.2) is 16.3 Å². The molecule has 38 heteroatoms. The number of hydrogen-bond acceptors (Lipinski definition) is 23. The van der Waals surface area contributed by atoms with Crippen molar-refractivity contribution in [1.82, 2.24) is 50.1 Å². The number of carbonyl (C=O) groups excluding carboxylic acids is 7. The summed E-state index contributed by atoms with van der Waals surface area (Å²) in [5, 5.41) is 14.4. The van der Waals surface area contributed by atoms with Crippen molar-refractivity contribution < 1.29 is 112 Å². The molecular weight excluding hydrogens is 1950 g/mol. The first-order valence-electron chi connectivity index (χ1n) is 45.2. The lowest BCUT2D eigenvalue weighted by Gasteiger charge is -2.26. The van der Waals surface area contributed by atoms with Gasteiger partial charge in [0.25, 0.3) is 35.4 Å². The smallest absolute Gasteiger partial charge is 0.335 e. The summed E-state index contributed by atoms with van der Waals surface area (Å²) in [6, 6.07) is 53.5. The Morgan fingerprint density at radius 1 is 0.420 bits per heavy atom. The molecule has 143 heavy (non-hydrogen) atoms. The third kappa shape index (κ3) is 27.3. The molecule has 4 fully saturated rings. The molecule has 746 valence electrons. The van der Waals surface area contributed by atoms with Gasteiger partial charge in [-0.3, -0.25) is 33.6 Å². The number of fused-ring (bicyclic) bond motifs is 3. The van der Waals surface area contributed by atoms with Crippen molar-refractivity contribution >= 4 is 86.6 Å². The fourth-order valence-electron chi connectivity index (χ4n) is 16.2. The summed E-state index contributed by atoms with van der Waals surface area (Å²) in [6.45, 7) is 13.1. The van der Waals surface area contributed by atoms with E-state index in [9.17, 15) is 64.7 Å². The van der Waals surface area contributed by atoms with Crippen molar-refractivity contribution in [2.24, 2.45) is 0 Å². The molecule has 7 aliphatic rings. The standard InChI is InChI=1S/C34H31F2N3O5.C25H21F2N3O3.C22H17ClF2N2O3.C11H14N2O2.C7H7NO2.C4H9NO.C2H3BrO2/c1-42-25-11-10-23(30(18-25)43-2)19-39-20-29-31(34(39)41)24(17-28(37-29)32-26(35)4-3-5-27(32)36)16-21-6-8-22(9-7-21)33(40)38-12-14-44-15-13-38;26-18-2-1-3-19(27)23(18)20-13-17(22-21(29-20)14-28-24(22)31)12-15-4-6-16(7-5-15)25(32)30-8-10-33-11-9-30;1-29-13-7-6-12(19(8-13)30-2)10-27-11-18-20(22(27)28)14(23)9-17(26-18)21-15(24)4-3-5-16(21)25;12-10-3-1-9(2-4-10)11(14)13-5-7-15-8-6-13;8-6-3-1-5(2-4-6)7(9)10;1-3-6-4-2-5-1;1-2(4)5-3/h3-11,17-18H,12-16,19-20H2,1-2H3;1-7,13H,8-12,14H2,(H,28,31);3-9H,10-11H2,1-2H3;1-4H,5-8,12H2;1-4H,8H2,(H,9,10);5H,1-4H2;1H3. The number of methoxy groups -OCH3 is 4. The fourth-order valence-corrected chi connectivity index (χ4v) is 16.5. The topological polar surface area (TPSA) is 371 Å². The summed E-state index contributed by atoms with van der Waals surface area (Å²) in [4.78, 5) is 118. The van der Waals surface area contributed by atoms with Crippen LogP contribution in [0.2, 0.25) is 5.02 Å². The number of carbonyl (C=O) groups is 8. The van der Waals surface area contributed by atoms with E-state index >= 15 is 0 Å². The van der Waals surface area contributed by atoms with Gasteiger partial charge >= 0.3 is 11.9 Å². The quantitative estimate of drug-likeness (QED) is 0.0371. The van der Waals surface area contributed by atoms with Crippen molar-refractivity contribution in [2.75, 3.05) is 145 Å². The van der Waals surface area contributed by atoms with Crippen molar-refractivity contribution in [1.29, 1.82) is 0 Å². The lowest BCUT2D eigenvalue weighted by molar-refractivity contribution is -0.129. The van der Waals surface area contributed by atoms with Crippen molar-refractivity contribution in [3.8, 4) is 56.8 Å². The van der Waals surface area contributed by atoms with Gasteiger partial charge in [0.2, 0.25) is 0 Å². The minimum atomic E-state index is -0.931. The number of amides is 6. The highest BCUT2D eigenvalue weighted by Crippen LogP contribution is 2.40. The second-order valence-corrected chi connectivity index (χ2v) is 33.6. The monoisotopic (exact) mass is 2050 g/mol. The maximum atomic E-state index is 14.9. The summed E-state index contributed by atoms with van der Waals surface area (Å²) in [5.74, 6) is -4.11. The molecule has 30 nitrogen and oxygen atoms in total. The number of ether oxygens (including phenoxy) is 8. The van der Waals surface area contributed by atoms with E-state index in [1.807, 2.05) is 36.4 Å². The van der Waals surface area contributed by atoms with Crippen LogP contribution in [0.25, 0.3) is 33.8 Å². The minimum Gasteiger partial charge on any atom is -0.497 e. The SMILES string of the molecule is C1COCCN1.CC(=O)OBr.COc1ccc(CN2Cc3nc(-c4c(F)cccc4F)cc(Cc4ccc(C(=O)N5CCOCC5)cc4)c3C2=O)c(OC)c1.COc1ccc(CN2Cc3nc(-c4c(F)cccc4F)cc(Cl)c3C2=O)c(OC)c1.Nc1ccc(C(=O)N2CCOCC2)cc1.Nc1ccc(C(=O)O)cc1.O=C1NCc2nc(-c3c(F)cccc3F)cc(Cc3ccc(C(=O)N4CCOCC4)cc3)c21. The Bertz CT molecular complexity index is 6510. The Hall–Kier alpha value is -14.9. The maximum Gasteiger partial charge on any atom is 0.335 e. The number of nitrogens with one attached hydrogen (secondary N) is 2. The summed E-state index contributed by atoms with van der Waals surface area (Å²) >= 11 is 8.78. The number of carboxylic acid groups (broad SMARTS) is 1. The van der Waals surface area contributed by atoms with Crippen LogP contribution >= 0.6 is 27.9 Å². The van der Waals surface area contributed by atoms with Gasteiger partial charge in [-0.25, -0.2) is 46.1 Å². The summed E-state index contributed by atoms with van der Waals surface area (Å²) < 4.78 is 133. The summed E-state index contributed by atoms with van der Waals surface area (Å²) in [5.41, 5.74) is 20.6. The molecule has 0 spiro atoms. The van der Waals surface area contributed by atoms with Gasteiger partial charge in [-0.2, -0.15) is 0 Å². The van der Waals surface area contributed by atoms with E-state index in [-0.39, 0.29) is 124 Å². The third-order valence-corrected chi connectivity index (χ3v) is 24.2. The molecule has 7 aliphatic heterocycles. The van der Waals surface area contributed by atoms with Crippen molar-refractivity contribution in [2.45, 2.75) is 52.5 Å². The number of benzene rings is 9. The van der Waals surface area contributed by atoms with Crippen LogP contribution in [-0.4, -0.2) is 226 Å². The van der Waals surface area contributed by atoms with Crippen LogP contribution in [0.3, 0.4) is 0 Å². The molecule has 0 radical (unpaired) electrons. The molecule has 0 bridgehead atoms. The second kappa shape index (κ2) is 50.5. The minimum absolute atomic E-state index is 0.0472. The fraction of sp³-hybridized carbons (Fsp3) is 0.267. The Balaban J connectivity index is 0.000000155. The molecule has 0 saturated carbocycles. The largest absolute Gasteiger partial charge is 0.497 e. The van der Waals surface area contributed by atoms with Gasteiger partial charge in [0, 0.05) is 111 Å². The number of nitrogens with two attached hydrogens (primary N) is 2. The van der Waals surface area contributed by atoms with Crippen LogP contribution in [0.4, 0.5) is 37.7 Å². The molecule has 4 saturated heterocycles. The van der Waals surface area contributed by atoms with Gasteiger partial charge in [-0.15, -0.1) is 0 Å². The number of aromatic nitrogens is 3. The molecule has 0 atom stereocenters. The average molecular weight is 2050 g/mol. The molecule has 9 aromatic carbocycles. The highest BCUT2D eigenvalue weighted by atomic mass is 79.9. The predicted molar refractivity (Wildman–Crippen MR) is 523 cm³/mol. The average Bonchev–Trinajstić information content (AvgIpc) is 1.64. The number of carboxylic acids is 1. The first-order valence-corrected chi connectivity index (χ1v) is 46.2. The molecule has 0 unspecified atom stereocenters. The number of morpholine rings is 4. The second-order valence-electron chi connectivity index (χ2n) is 32.9. The number of nitrogens with zero attached hydrogens (tertiary/aromatic N) is 8. The Kier molecular flexibility index (Phi) is 37.2. The molecule has 0 aliphatic carbocycles. The van der Waals surface area contributed by atoms with Crippen molar-refractivity contribution in [3.05, 3.63) is 336 Å². The normalized spacial score (nSPS) is 14.3. The number of anilines is 2. The van der Waals surface area contributed by atoms with E-state index < -0.39 is 40.9 Å². The van der Waals surface area contributed by atoms with E-state index in [2.05, 4.69) is 45.7 Å². The summed E-state index contributed by atoms with van der Waals surface area (Å²) in [6.07, 6.45) is 0.652. The zero-order chi connectivity index (χ0) is 102. The zero-order valence-electron chi connectivity index (χ0n) is 78.5. The van der Waals surface area contributed by atoms with Gasteiger partial charge in [-0.1, -0.05) is 54.1 Å². The molecule has 12 aromatic rings. The van der Waals surface area contributed by atoms with E-state index in [1.54, 1.807) is 143 Å². The van der Waals surface area contributed by atoms with E-state index in [0.29, 0.717) is 182 Å². The van der Waals surface area contributed by atoms with Crippen molar-refractivity contribution in [3.63, 3.8) is 0 Å². The molecule has 10 heterocycles. The number of nitrogen functional groups attached to an aromatic ring is 2. The number of aromatic carboxylic acids is 1. The van der Waals surface area contributed by atoms with E-state index in [0.717, 1.165) is 60.7 Å². The molecule has 7 N–H and O–H groups in total. The number of pyridine rings is 3. The molecular formula is C105H102BrClF6N12O18. The van der Waals surface area contributed by atoms with E-state index in [1.165, 1.54) is 74.7 Å². The van der Waals surface area contributed by atoms with Crippen LogP contribution in [0.15, 0.2) is 206 Å². The highest BCUT2D eigenvalue weighted by Gasteiger charge is 2.37. The van der Waals surface area contributed by atoms with Crippen LogP contribution in [-0.2, 0) is 73.1 Å². The number of hydrogen-bond donors (Lipinski definition) is 5. The third-order valence-electron chi connectivity index (χ3n) is 23.4. The van der Waals surface area contributed by atoms with Gasteiger partial charge in [-0.05, 0) is 187 Å². The number of halogens is 8. The van der Waals surface area contributed by atoms with Crippen LogP contribution < -0.4 is 41.0 Å². The van der Waals surface area contributed by atoms with Crippen LogP contribution in [0.1, 0.15) is 130 Å². The Labute approximate surface area is 833 Å². The summed E-state index contributed by atoms with van der Waals surface area (Å²) in [7, 11) is 6.20. The Morgan fingerprint density at radius 3 is 1.10 bits per heavy atom. The maximum absolute atomic E-state index is 14.9.